The fourth-order valence-electron chi connectivity index (χ4n) is 3.05. The van der Waals surface area contributed by atoms with Crippen LogP contribution in [0.3, 0.4) is 0 Å². The van der Waals surface area contributed by atoms with Crippen LogP contribution in [0, 0.1) is 5.92 Å². The van der Waals surface area contributed by atoms with Gasteiger partial charge in [-0.1, -0.05) is 24.3 Å². The van der Waals surface area contributed by atoms with Crippen molar-refractivity contribution in [3.8, 4) is 0 Å². The molecule has 0 spiro atoms. The predicted octanol–water partition coefficient (Wildman–Crippen LogP) is 2.06. The van der Waals surface area contributed by atoms with Gasteiger partial charge < -0.3 is 5.73 Å². The molecule has 2 N–H and O–H groups in total. The summed E-state index contributed by atoms with van der Waals surface area (Å²) in [5, 5.41) is 0. The van der Waals surface area contributed by atoms with E-state index in [1.54, 1.807) is 11.1 Å². The number of hydrogen-bond acceptors (Lipinski definition) is 1. The van der Waals surface area contributed by atoms with Crippen molar-refractivity contribution in [2.24, 2.45) is 11.7 Å². The summed E-state index contributed by atoms with van der Waals surface area (Å²) < 4.78 is 0. The Morgan fingerprint density at radius 1 is 1.15 bits per heavy atom. The van der Waals surface area contributed by atoms with Gasteiger partial charge in [0, 0.05) is 6.04 Å². The smallest absolute Gasteiger partial charge is 0.00763 e. The van der Waals surface area contributed by atoms with Crippen LogP contribution in [-0.4, -0.2) is 6.04 Å². The normalized spacial score (nSPS) is 35.9. The molecule has 3 atom stereocenters. The second-order valence-electron chi connectivity index (χ2n) is 4.50. The Morgan fingerprint density at radius 2 is 2.00 bits per heavy atom. The van der Waals surface area contributed by atoms with Crippen molar-refractivity contribution in [3.05, 3.63) is 35.4 Å². The number of rotatable bonds is 0. The predicted molar refractivity (Wildman–Crippen MR) is 53.6 cm³/mol. The number of nitrogens with two attached hydrogens (primary N) is 1. The minimum absolute atomic E-state index is 0.456. The van der Waals surface area contributed by atoms with E-state index in [1.165, 1.54) is 19.3 Å². The average molecular weight is 173 g/mol. The van der Waals surface area contributed by atoms with Gasteiger partial charge in [-0.15, -0.1) is 0 Å². The van der Waals surface area contributed by atoms with Gasteiger partial charge in [-0.25, -0.2) is 0 Å². The quantitative estimate of drug-likeness (QED) is 0.638. The molecule has 2 bridgehead atoms. The molecule has 3 rings (SSSR count). The maximum atomic E-state index is 6.10. The van der Waals surface area contributed by atoms with E-state index in [-0.39, 0.29) is 0 Å². The molecule has 13 heavy (non-hydrogen) atoms. The molecule has 1 aromatic carbocycles. The van der Waals surface area contributed by atoms with E-state index in [1.807, 2.05) is 0 Å². The Labute approximate surface area is 78.9 Å². The van der Waals surface area contributed by atoms with Crippen molar-refractivity contribution in [2.45, 2.75) is 31.2 Å². The fraction of sp³-hybridized carbons (Fsp3) is 0.500. The lowest BCUT2D eigenvalue weighted by atomic mass is 9.83. The minimum atomic E-state index is 0.456. The van der Waals surface area contributed by atoms with Crippen LogP contribution in [-0.2, 0) is 6.42 Å². The molecule has 0 saturated heterocycles. The molecule has 0 heterocycles. The third-order valence-corrected chi connectivity index (χ3v) is 3.73. The van der Waals surface area contributed by atoms with Crippen molar-refractivity contribution >= 4 is 0 Å². The monoisotopic (exact) mass is 173 g/mol. The van der Waals surface area contributed by atoms with Gasteiger partial charge in [-0.05, 0) is 42.2 Å². The maximum absolute atomic E-state index is 6.10. The molecule has 1 saturated carbocycles. The number of fused-ring (bicyclic) bond motifs is 4. The molecule has 0 radical (unpaired) electrons. The Balaban J connectivity index is 2.08. The lowest BCUT2D eigenvalue weighted by molar-refractivity contribution is 0.465. The van der Waals surface area contributed by atoms with Gasteiger partial charge in [0.25, 0.3) is 0 Å². The Morgan fingerprint density at radius 3 is 2.92 bits per heavy atom. The second kappa shape index (κ2) is 2.58. The standard InChI is InChI=1S/C12H15N/c13-12-7-9-6-10(12)5-8-3-1-2-4-11(8)9/h1-4,9-10,12H,5-7,13H2/t9-,10+,12-/m1/s1. The number of hydrogen-bond donors (Lipinski definition) is 1. The van der Waals surface area contributed by atoms with Crippen molar-refractivity contribution < 1.29 is 0 Å². The summed E-state index contributed by atoms with van der Waals surface area (Å²) in [6.07, 6.45) is 3.76. The molecule has 0 aromatic heterocycles. The van der Waals surface area contributed by atoms with Crippen LogP contribution in [0.5, 0.6) is 0 Å². The van der Waals surface area contributed by atoms with Crippen LogP contribution in [0.25, 0.3) is 0 Å². The molecule has 0 aliphatic heterocycles. The zero-order chi connectivity index (χ0) is 8.84. The van der Waals surface area contributed by atoms with Crippen LogP contribution in [0.1, 0.15) is 29.9 Å². The lowest BCUT2D eigenvalue weighted by Crippen LogP contribution is -2.25. The van der Waals surface area contributed by atoms with E-state index in [2.05, 4.69) is 24.3 Å². The molecule has 68 valence electrons. The highest BCUT2D eigenvalue weighted by molar-refractivity contribution is 5.35. The summed E-state index contributed by atoms with van der Waals surface area (Å²) in [5.74, 6) is 1.53. The van der Waals surface area contributed by atoms with Gasteiger partial charge >= 0.3 is 0 Å². The average Bonchev–Trinajstić information content (AvgIpc) is 2.44. The Bertz CT molecular complexity index is 330. The molecule has 0 unspecified atom stereocenters. The molecule has 1 aromatic rings. The summed E-state index contributed by atoms with van der Waals surface area (Å²) in [4.78, 5) is 0. The first kappa shape index (κ1) is 7.57. The van der Waals surface area contributed by atoms with E-state index in [9.17, 15) is 0 Å². The summed E-state index contributed by atoms with van der Waals surface area (Å²) >= 11 is 0. The molecule has 1 nitrogen and oxygen atoms in total. The largest absolute Gasteiger partial charge is 0.327 e. The fourth-order valence-corrected chi connectivity index (χ4v) is 3.05. The summed E-state index contributed by atoms with van der Waals surface area (Å²) in [6, 6.07) is 9.32. The summed E-state index contributed by atoms with van der Waals surface area (Å²) in [6.45, 7) is 0. The van der Waals surface area contributed by atoms with Crippen LogP contribution in [0.4, 0.5) is 0 Å². The van der Waals surface area contributed by atoms with Gasteiger partial charge in [0.05, 0.1) is 0 Å². The summed E-state index contributed by atoms with van der Waals surface area (Å²) in [7, 11) is 0. The highest BCUT2D eigenvalue weighted by Crippen LogP contribution is 2.45. The van der Waals surface area contributed by atoms with Crippen molar-refractivity contribution in [1.29, 1.82) is 0 Å². The molecule has 1 heteroatoms. The van der Waals surface area contributed by atoms with Crippen LogP contribution in [0.2, 0.25) is 0 Å². The third-order valence-electron chi connectivity index (χ3n) is 3.73. The van der Waals surface area contributed by atoms with Crippen molar-refractivity contribution in [2.75, 3.05) is 0 Å². The summed E-state index contributed by atoms with van der Waals surface area (Å²) in [5.41, 5.74) is 9.23. The second-order valence-corrected chi connectivity index (χ2v) is 4.50. The van der Waals surface area contributed by atoms with E-state index >= 15 is 0 Å². The molecule has 0 amide bonds. The van der Waals surface area contributed by atoms with E-state index in [4.69, 9.17) is 5.73 Å². The third kappa shape index (κ3) is 1.03. The van der Waals surface area contributed by atoms with Gasteiger partial charge in [0.2, 0.25) is 0 Å². The van der Waals surface area contributed by atoms with Crippen LogP contribution in [0.15, 0.2) is 24.3 Å². The van der Waals surface area contributed by atoms with Crippen molar-refractivity contribution in [1.82, 2.24) is 0 Å². The maximum Gasteiger partial charge on any atom is 0.00763 e. The zero-order valence-corrected chi connectivity index (χ0v) is 7.74. The van der Waals surface area contributed by atoms with Gasteiger partial charge in [-0.3, -0.25) is 0 Å². The van der Waals surface area contributed by atoms with E-state index < -0.39 is 0 Å². The first-order chi connectivity index (χ1) is 6.34. The van der Waals surface area contributed by atoms with E-state index in [0.717, 1.165) is 11.8 Å². The van der Waals surface area contributed by atoms with Crippen LogP contribution >= 0.6 is 0 Å². The molecule has 2 aliphatic carbocycles. The first-order valence-electron chi connectivity index (χ1n) is 5.18. The highest BCUT2D eigenvalue weighted by Gasteiger charge is 2.37. The minimum Gasteiger partial charge on any atom is -0.327 e. The van der Waals surface area contributed by atoms with Crippen molar-refractivity contribution in [3.63, 3.8) is 0 Å². The molecule has 1 fully saturated rings. The highest BCUT2D eigenvalue weighted by atomic mass is 14.7. The SMILES string of the molecule is N[C@@H]1C[C@H]2C[C@@H]1Cc1ccccc12. The molecular weight excluding hydrogens is 158 g/mol. The zero-order valence-electron chi connectivity index (χ0n) is 7.74. The van der Waals surface area contributed by atoms with Gasteiger partial charge in [-0.2, -0.15) is 0 Å². The topological polar surface area (TPSA) is 26.0 Å². The first-order valence-corrected chi connectivity index (χ1v) is 5.18. The number of benzene rings is 1. The molecule has 2 aliphatic rings. The Kier molecular flexibility index (Phi) is 1.50. The van der Waals surface area contributed by atoms with Crippen LogP contribution < -0.4 is 5.73 Å². The van der Waals surface area contributed by atoms with Gasteiger partial charge in [0.1, 0.15) is 0 Å². The lowest BCUT2D eigenvalue weighted by Gasteiger charge is -2.22. The van der Waals surface area contributed by atoms with E-state index in [0.29, 0.717) is 6.04 Å². The van der Waals surface area contributed by atoms with Gasteiger partial charge in [0.15, 0.2) is 0 Å². The Hall–Kier alpha value is -0.820. The molecular formula is C12H15N.